The summed E-state index contributed by atoms with van der Waals surface area (Å²) in [6.45, 7) is 0.315. The van der Waals surface area contributed by atoms with Crippen molar-refractivity contribution in [2.75, 3.05) is 6.61 Å². The third-order valence-corrected chi connectivity index (χ3v) is 3.96. The summed E-state index contributed by atoms with van der Waals surface area (Å²) in [6.07, 6.45) is 13.5. The van der Waals surface area contributed by atoms with E-state index in [1.807, 2.05) is 0 Å². The van der Waals surface area contributed by atoms with Crippen molar-refractivity contribution in [1.82, 2.24) is 0 Å². The molecule has 1 saturated heterocycles. The Morgan fingerprint density at radius 2 is 1.30 bits per heavy atom. The molecule has 4 nitrogen and oxygen atoms in total. The highest BCUT2D eigenvalue weighted by atomic mass is 16.6. The fourth-order valence-corrected chi connectivity index (χ4v) is 2.65. The average molecular weight is 286 g/mol. The van der Waals surface area contributed by atoms with Crippen LogP contribution in [-0.4, -0.2) is 35.0 Å². The van der Waals surface area contributed by atoms with Crippen LogP contribution in [0.5, 0.6) is 0 Å². The molecule has 0 aromatic carbocycles. The van der Waals surface area contributed by atoms with E-state index in [1.165, 1.54) is 38.5 Å². The Morgan fingerprint density at radius 3 is 1.85 bits per heavy atom. The number of carbonyl (C=O) groups is 1. The molecule has 1 fully saturated rings. The Morgan fingerprint density at radius 1 is 0.800 bits per heavy atom. The summed E-state index contributed by atoms with van der Waals surface area (Å²) in [7, 11) is 0. The number of epoxide rings is 1. The van der Waals surface area contributed by atoms with Gasteiger partial charge in [-0.3, -0.25) is 4.79 Å². The highest BCUT2D eigenvalue weighted by molar-refractivity contribution is 5.66. The maximum absolute atomic E-state index is 10.3. The zero-order valence-electron chi connectivity index (χ0n) is 12.6. The number of ether oxygens (including phenoxy) is 1. The number of unbranched alkanes of at least 4 members (excludes halogenated alkanes) is 7. The van der Waals surface area contributed by atoms with Gasteiger partial charge in [-0.1, -0.05) is 44.9 Å². The monoisotopic (exact) mass is 286 g/mol. The maximum atomic E-state index is 10.3. The summed E-state index contributed by atoms with van der Waals surface area (Å²) in [4.78, 5) is 10.3. The number of carboxylic acid groups (broad SMARTS) is 1. The lowest BCUT2D eigenvalue weighted by Crippen LogP contribution is -1.95. The molecule has 0 aromatic heterocycles. The van der Waals surface area contributed by atoms with Gasteiger partial charge < -0.3 is 14.9 Å². The molecule has 118 valence electrons. The van der Waals surface area contributed by atoms with Gasteiger partial charge in [-0.25, -0.2) is 0 Å². The number of aliphatic carboxylic acids is 1. The highest BCUT2D eigenvalue weighted by Gasteiger charge is 2.36. The fraction of sp³-hybridized carbons (Fsp3) is 0.938. The van der Waals surface area contributed by atoms with E-state index in [4.69, 9.17) is 14.9 Å². The summed E-state index contributed by atoms with van der Waals surface area (Å²) in [6, 6.07) is 0. The predicted octanol–water partition coefficient (Wildman–Crippen LogP) is 3.51. The van der Waals surface area contributed by atoms with Crippen molar-refractivity contribution in [3.05, 3.63) is 0 Å². The molecule has 4 heteroatoms. The van der Waals surface area contributed by atoms with E-state index in [-0.39, 0.29) is 0 Å². The molecule has 0 saturated carbocycles. The Bertz CT molecular complexity index is 255. The van der Waals surface area contributed by atoms with Gasteiger partial charge in [0, 0.05) is 13.0 Å². The topological polar surface area (TPSA) is 70.1 Å². The number of aliphatic hydroxyl groups excluding tert-OH is 1. The number of carboxylic acids is 1. The molecule has 0 bridgehead atoms. The van der Waals surface area contributed by atoms with Crippen LogP contribution < -0.4 is 0 Å². The molecule has 2 unspecified atom stereocenters. The van der Waals surface area contributed by atoms with Crippen LogP contribution in [0.4, 0.5) is 0 Å². The molecular weight excluding hydrogens is 256 g/mol. The minimum atomic E-state index is -0.682. The number of aliphatic hydroxyl groups is 1. The normalized spacial score (nSPS) is 21.1. The van der Waals surface area contributed by atoms with Crippen LogP contribution in [-0.2, 0) is 9.53 Å². The molecule has 2 N–H and O–H groups in total. The van der Waals surface area contributed by atoms with E-state index < -0.39 is 5.97 Å². The lowest BCUT2D eigenvalue weighted by Gasteiger charge is -1.99. The molecule has 2 atom stereocenters. The molecule has 1 heterocycles. The number of hydrogen-bond acceptors (Lipinski definition) is 3. The molecule has 0 amide bonds. The van der Waals surface area contributed by atoms with Gasteiger partial charge in [0.15, 0.2) is 0 Å². The molecule has 0 aliphatic carbocycles. The molecule has 0 aromatic rings. The predicted molar refractivity (Wildman–Crippen MR) is 78.8 cm³/mol. The van der Waals surface area contributed by atoms with Crippen molar-refractivity contribution < 1.29 is 19.7 Å². The van der Waals surface area contributed by atoms with Crippen molar-refractivity contribution in [3.8, 4) is 0 Å². The second kappa shape index (κ2) is 11.1. The number of rotatable bonds is 14. The van der Waals surface area contributed by atoms with Gasteiger partial charge in [0.2, 0.25) is 0 Å². The first-order valence-corrected chi connectivity index (χ1v) is 8.22. The van der Waals surface area contributed by atoms with Crippen molar-refractivity contribution >= 4 is 5.97 Å². The minimum absolute atomic E-state index is 0.310. The van der Waals surface area contributed by atoms with E-state index in [2.05, 4.69) is 0 Å². The van der Waals surface area contributed by atoms with E-state index in [9.17, 15) is 4.79 Å². The van der Waals surface area contributed by atoms with E-state index >= 15 is 0 Å². The second-order valence-corrected chi connectivity index (χ2v) is 5.84. The van der Waals surface area contributed by atoms with Crippen LogP contribution >= 0.6 is 0 Å². The Kier molecular flexibility index (Phi) is 9.67. The molecule has 0 radical (unpaired) electrons. The first-order chi connectivity index (χ1) is 9.74. The molecule has 20 heavy (non-hydrogen) atoms. The van der Waals surface area contributed by atoms with Crippen LogP contribution in [0.15, 0.2) is 0 Å². The fourth-order valence-electron chi connectivity index (χ4n) is 2.65. The van der Waals surface area contributed by atoms with Crippen LogP contribution in [0.1, 0.15) is 77.0 Å². The van der Waals surface area contributed by atoms with Crippen LogP contribution in [0, 0.1) is 0 Å². The third kappa shape index (κ3) is 9.32. The first kappa shape index (κ1) is 17.4. The van der Waals surface area contributed by atoms with Gasteiger partial charge >= 0.3 is 5.97 Å². The SMILES string of the molecule is O=C(O)CCCCCCCC1OC1CCCCCCO. The Labute approximate surface area is 122 Å². The largest absolute Gasteiger partial charge is 0.481 e. The van der Waals surface area contributed by atoms with Gasteiger partial charge in [0.1, 0.15) is 0 Å². The first-order valence-electron chi connectivity index (χ1n) is 8.22. The summed E-state index contributed by atoms with van der Waals surface area (Å²) in [5.41, 5.74) is 0. The Balaban J connectivity index is 1.77. The van der Waals surface area contributed by atoms with Crippen molar-refractivity contribution in [2.24, 2.45) is 0 Å². The summed E-state index contributed by atoms with van der Waals surface area (Å²) in [5, 5.41) is 17.2. The van der Waals surface area contributed by atoms with Crippen molar-refractivity contribution in [3.63, 3.8) is 0 Å². The zero-order valence-corrected chi connectivity index (χ0v) is 12.6. The Hall–Kier alpha value is -0.610. The van der Waals surface area contributed by atoms with Crippen LogP contribution in [0.2, 0.25) is 0 Å². The summed E-state index contributed by atoms with van der Waals surface area (Å²) < 4.78 is 5.66. The molecule has 1 rings (SSSR count). The molecule has 0 spiro atoms. The van der Waals surface area contributed by atoms with Gasteiger partial charge in [-0.15, -0.1) is 0 Å². The van der Waals surface area contributed by atoms with Crippen LogP contribution in [0.25, 0.3) is 0 Å². The zero-order chi connectivity index (χ0) is 14.6. The quantitative estimate of drug-likeness (QED) is 0.379. The summed E-state index contributed by atoms with van der Waals surface area (Å²) >= 11 is 0. The van der Waals surface area contributed by atoms with Gasteiger partial charge in [0.25, 0.3) is 0 Å². The third-order valence-electron chi connectivity index (χ3n) is 3.96. The standard InChI is InChI=1S/C16H30O4/c17-13-9-5-4-7-11-15-14(20-15)10-6-2-1-3-8-12-16(18)19/h14-15,17H,1-13H2,(H,18,19). The van der Waals surface area contributed by atoms with E-state index in [0.29, 0.717) is 25.2 Å². The van der Waals surface area contributed by atoms with Gasteiger partial charge in [0.05, 0.1) is 12.2 Å². The van der Waals surface area contributed by atoms with Gasteiger partial charge in [-0.2, -0.15) is 0 Å². The lowest BCUT2D eigenvalue weighted by molar-refractivity contribution is -0.137. The minimum Gasteiger partial charge on any atom is -0.481 e. The van der Waals surface area contributed by atoms with Crippen molar-refractivity contribution in [2.45, 2.75) is 89.3 Å². The average Bonchev–Trinajstić information content (AvgIpc) is 3.15. The second-order valence-electron chi connectivity index (χ2n) is 5.84. The van der Waals surface area contributed by atoms with Crippen LogP contribution in [0.3, 0.4) is 0 Å². The maximum Gasteiger partial charge on any atom is 0.303 e. The summed E-state index contributed by atoms with van der Waals surface area (Å²) in [5.74, 6) is -0.682. The molecule has 1 aliphatic rings. The van der Waals surface area contributed by atoms with Gasteiger partial charge in [-0.05, 0) is 25.7 Å². The van der Waals surface area contributed by atoms with E-state index in [1.54, 1.807) is 0 Å². The smallest absolute Gasteiger partial charge is 0.303 e. The molecular formula is C16H30O4. The molecule has 1 aliphatic heterocycles. The van der Waals surface area contributed by atoms with Crippen molar-refractivity contribution in [1.29, 1.82) is 0 Å². The van der Waals surface area contributed by atoms with E-state index in [0.717, 1.165) is 32.1 Å². The highest BCUT2D eigenvalue weighted by Crippen LogP contribution is 2.31. The number of hydrogen-bond donors (Lipinski definition) is 2. The lowest BCUT2D eigenvalue weighted by atomic mass is 10.0.